The number of fused-ring (bicyclic) bond motifs is 10. The molecule has 0 radical (unpaired) electrons. The molecule has 3 unspecified atom stereocenters. The maximum Gasteiger partial charge on any atom is 0.124 e. The van der Waals surface area contributed by atoms with Crippen LogP contribution in [0.15, 0.2) is 175 Å². The summed E-state index contributed by atoms with van der Waals surface area (Å²) in [5.74, 6) is 0.303. The van der Waals surface area contributed by atoms with Crippen molar-refractivity contribution < 1.29 is 0 Å². The van der Waals surface area contributed by atoms with Crippen LogP contribution in [0, 0.1) is 0 Å². The highest BCUT2D eigenvalue weighted by Crippen LogP contribution is 2.55. The molecule has 1 aromatic heterocycles. The Balaban J connectivity index is 1.10. The van der Waals surface area contributed by atoms with Gasteiger partial charge < -0.3 is 14.8 Å². The lowest BCUT2D eigenvalue weighted by Gasteiger charge is -2.33. The molecule has 6 aromatic carbocycles. The average molecular weight is 642 g/mol. The predicted octanol–water partition coefficient (Wildman–Crippen LogP) is 11.8. The lowest BCUT2D eigenvalue weighted by Crippen LogP contribution is -2.31. The number of nitrogens with one attached hydrogen (secondary N) is 1. The second kappa shape index (κ2) is 10.7. The maximum absolute atomic E-state index is 3.90. The van der Waals surface area contributed by atoms with Crippen LogP contribution in [0.3, 0.4) is 0 Å². The third-order valence-corrected chi connectivity index (χ3v) is 11.4. The zero-order valence-corrected chi connectivity index (χ0v) is 27.6. The lowest BCUT2D eigenvalue weighted by atomic mass is 9.77. The Labute approximate surface area is 291 Å². The highest BCUT2D eigenvalue weighted by atomic mass is 15.2. The van der Waals surface area contributed by atoms with E-state index in [1.807, 2.05) is 0 Å². The number of benzene rings is 6. The van der Waals surface area contributed by atoms with Gasteiger partial charge in [0.05, 0.1) is 17.1 Å². The first-order valence-electron chi connectivity index (χ1n) is 17.9. The first-order valence-corrected chi connectivity index (χ1v) is 17.9. The van der Waals surface area contributed by atoms with Gasteiger partial charge in [0.15, 0.2) is 0 Å². The molecule has 0 amide bonds. The predicted molar refractivity (Wildman–Crippen MR) is 209 cm³/mol. The quantitative estimate of drug-likeness (QED) is 0.207. The van der Waals surface area contributed by atoms with Crippen molar-refractivity contribution in [2.24, 2.45) is 0 Å². The van der Waals surface area contributed by atoms with Crippen molar-refractivity contribution in [3.63, 3.8) is 0 Å². The van der Waals surface area contributed by atoms with Crippen molar-refractivity contribution in [2.75, 3.05) is 10.2 Å². The fourth-order valence-electron chi connectivity index (χ4n) is 9.29. The number of aromatic nitrogens is 1. The summed E-state index contributed by atoms with van der Waals surface area (Å²) in [5.41, 5.74) is 14.3. The van der Waals surface area contributed by atoms with E-state index in [2.05, 4.69) is 179 Å². The number of hydrogen-bond acceptors (Lipinski definition) is 2. The summed E-state index contributed by atoms with van der Waals surface area (Å²) in [4.78, 5) is 2.61. The molecule has 3 atom stereocenters. The van der Waals surface area contributed by atoms with Gasteiger partial charge in [-0.3, -0.25) is 0 Å². The van der Waals surface area contributed by atoms with E-state index in [9.17, 15) is 0 Å². The van der Waals surface area contributed by atoms with Gasteiger partial charge in [0.25, 0.3) is 0 Å². The van der Waals surface area contributed by atoms with Crippen LogP contribution in [-0.4, -0.2) is 10.6 Å². The molecular weight excluding hydrogens is 607 g/mol. The van der Waals surface area contributed by atoms with Crippen molar-refractivity contribution in [2.45, 2.75) is 31.0 Å². The lowest BCUT2D eigenvalue weighted by molar-refractivity contribution is 0.703. The molecule has 3 heteroatoms. The summed E-state index contributed by atoms with van der Waals surface area (Å²) in [5, 5.41) is 9.13. The minimum Gasteiger partial charge on any atom is -0.361 e. The summed E-state index contributed by atoms with van der Waals surface area (Å²) in [6.45, 7) is 0. The summed E-state index contributed by atoms with van der Waals surface area (Å²) < 4.78 is 2.49. The van der Waals surface area contributed by atoms with Gasteiger partial charge in [-0.15, -0.1) is 0 Å². The molecule has 11 rings (SSSR count). The minimum atomic E-state index is -0.0543. The number of allylic oxidation sites excluding steroid dienone is 4. The first kappa shape index (κ1) is 27.8. The monoisotopic (exact) mass is 641 g/mol. The van der Waals surface area contributed by atoms with Crippen LogP contribution in [0.2, 0.25) is 0 Å². The van der Waals surface area contributed by atoms with Gasteiger partial charge in [0, 0.05) is 39.3 Å². The van der Waals surface area contributed by atoms with Crippen molar-refractivity contribution in [3.05, 3.63) is 192 Å². The van der Waals surface area contributed by atoms with Crippen LogP contribution >= 0.6 is 0 Å². The van der Waals surface area contributed by atoms with E-state index >= 15 is 0 Å². The number of hydrogen-bond donors (Lipinski definition) is 1. The minimum absolute atomic E-state index is 0.0543. The van der Waals surface area contributed by atoms with Gasteiger partial charge in [-0.05, 0) is 93.9 Å². The molecule has 0 spiro atoms. The molecule has 3 heterocycles. The summed E-state index contributed by atoms with van der Waals surface area (Å²) in [6.07, 6.45) is 14.3. The van der Waals surface area contributed by atoms with E-state index in [0.717, 1.165) is 18.5 Å². The number of para-hydroxylation sites is 2. The Bertz CT molecular complexity index is 2650. The van der Waals surface area contributed by atoms with E-state index in [-0.39, 0.29) is 12.2 Å². The molecule has 1 N–H and O–H groups in total. The van der Waals surface area contributed by atoms with Crippen LogP contribution in [0.5, 0.6) is 0 Å². The van der Waals surface area contributed by atoms with E-state index in [4.69, 9.17) is 0 Å². The third kappa shape index (κ3) is 3.98. The summed E-state index contributed by atoms with van der Waals surface area (Å²) in [6, 6.07) is 49.4. The highest BCUT2D eigenvalue weighted by Gasteiger charge is 2.43. The van der Waals surface area contributed by atoms with E-state index in [0.29, 0.717) is 5.92 Å². The number of anilines is 3. The summed E-state index contributed by atoms with van der Waals surface area (Å²) in [7, 11) is 0. The average Bonchev–Trinajstić information content (AvgIpc) is 3.71. The van der Waals surface area contributed by atoms with Gasteiger partial charge in [0.2, 0.25) is 0 Å². The molecule has 0 saturated heterocycles. The van der Waals surface area contributed by atoms with E-state index in [1.54, 1.807) is 0 Å². The molecule has 0 fully saturated rings. The normalized spacial score (nSPS) is 20.4. The van der Waals surface area contributed by atoms with Crippen LogP contribution in [-0.2, 0) is 0 Å². The largest absolute Gasteiger partial charge is 0.361 e. The molecule has 3 nitrogen and oxygen atoms in total. The standard InChI is InChI=1S/C47H35N3/c1-2-12-30(13-3-1)38-29-45(48-40-20-10-8-18-36(38)40)50-41-21-11-9-19-37(41)39-28-33(24-27-42(39)50)49-43-25-22-31-14-4-6-16-34(31)46(43)47-35-17-7-5-15-32(35)23-26-44(47)49/h1-4,6-14,16-29,44-45,47-48H,5,15H2. The van der Waals surface area contributed by atoms with Crippen molar-refractivity contribution >= 4 is 55.2 Å². The van der Waals surface area contributed by atoms with Crippen LogP contribution in [0.1, 0.15) is 41.6 Å². The molecule has 238 valence electrons. The summed E-state index contributed by atoms with van der Waals surface area (Å²) >= 11 is 0. The van der Waals surface area contributed by atoms with Crippen molar-refractivity contribution in [1.29, 1.82) is 0 Å². The fraction of sp³-hybridized carbons (Fsp3) is 0.106. The molecule has 7 aromatic rings. The van der Waals surface area contributed by atoms with Crippen LogP contribution in [0.25, 0.3) is 38.2 Å². The number of rotatable bonds is 3. The topological polar surface area (TPSA) is 20.2 Å². The smallest absolute Gasteiger partial charge is 0.124 e. The molecule has 50 heavy (non-hydrogen) atoms. The molecule has 2 aliphatic carbocycles. The molecular formula is C47H35N3. The van der Waals surface area contributed by atoms with E-state index in [1.165, 1.54) is 77.4 Å². The SMILES string of the molecule is C1=CC2=C(C=CC3C2c2c(ccc4ccccc24)N3c2ccc3c(c2)c2ccccc2n3C2C=C(c3ccccc3)c3ccccc3N2)CC1. The van der Waals surface area contributed by atoms with Gasteiger partial charge in [-0.1, -0.05) is 121 Å². The third-order valence-electron chi connectivity index (χ3n) is 11.4. The van der Waals surface area contributed by atoms with Crippen LogP contribution in [0.4, 0.5) is 17.1 Å². The second-order valence-corrected chi connectivity index (χ2v) is 14.0. The Morgan fingerprint density at radius 1 is 0.660 bits per heavy atom. The maximum atomic E-state index is 3.90. The van der Waals surface area contributed by atoms with Crippen LogP contribution < -0.4 is 10.2 Å². The second-order valence-electron chi connectivity index (χ2n) is 14.0. The van der Waals surface area contributed by atoms with Gasteiger partial charge in [0.1, 0.15) is 6.17 Å². The molecule has 2 aliphatic heterocycles. The molecule has 4 aliphatic rings. The fourth-order valence-corrected chi connectivity index (χ4v) is 9.29. The van der Waals surface area contributed by atoms with Gasteiger partial charge >= 0.3 is 0 Å². The Morgan fingerprint density at radius 3 is 2.40 bits per heavy atom. The first-order chi connectivity index (χ1) is 24.8. The Morgan fingerprint density at radius 2 is 1.46 bits per heavy atom. The van der Waals surface area contributed by atoms with Gasteiger partial charge in [-0.25, -0.2) is 0 Å². The van der Waals surface area contributed by atoms with E-state index < -0.39 is 0 Å². The molecule has 0 bridgehead atoms. The Kier molecular flexibility index (Phi) is 5.97. The highest BCUT2D eigenvalue weighted by molar-refractivity contribution is 6.10. The van der Waals surface area contributed by atoms with Crippen molar-refractivity contribution in [3.8, 4) is 0 Å². The van der Waals surface area contributed by atoms with Gasteiger partial charge in [-0.2, -0.15) is 0 Å². The number of nitrogens with zero attached hydrogens (tertiary/aromatic N) is 2. The van der Waals surface area contributed by atoms with Crippen molar-refractivity contribution in [1.82, 2.24) is 4.57 Å². The zero-order valence-electron chi connectivity index (χ0n) is 27.6. The zero-order chi connectivity index (χ0) is 32.8. The Hall–Kier alpha value is -6.06. The molecule has 0 saturated carbocycles.